The summed E-state index contributed by atoms with van der Waals surface area (Å²) < 4.78 is 14.3. The van der Waals surface area contributed by atoms with Gasteiger partial charge in [0.1, 0.15) is 18.2 Å². The number of nitrogens with zero attached hydrogens (tertiary/aromatic N) is 3. The van der Waals surface area contributed by atoms with E-state index in [2.05, 4.69) is 27.1 Å². The molecular formula is C22H35N5O2S. The van der Waals surface area contributed by atoms with E-state index in [1.807, 2.05) is 4.68 Å². The number of rotatable bonds is 5. The summed E-state index contributed by atoms with van der Waals surface area (Å²) in [7, 11) is 0. The maximum absolute atomic E-state index is 6.14. The van der Waals surface area contributed by atoms with E-state index in [4.69, 9.17) is 21.7 Å². The topological polar surface area (TPSA) is 73.2 Å². The van der Waals surface area contributed by atoms with E-state index in [0.29, 0.717) is 19.3 Å². The lowest BCUT2D eigenvalue weighted by Crippen LogP contribution is -2.50. The molecule has 8 heteroatoms. The minimum Gasteiger partial charge on any atom is -0.371 e. The van der Waals surface area contributed by atoms with Crippen LogP contribution in [0.15, 0.2) is 6.20 Å². The van der Waals surface area contributed by atoms with Crippen LogP contribution >= 0.6 is 12.2 Å². The lowest BCUT2D eigenvalue weighted by atomic mass is 9.86. The first kappa shape index (κ1) is 20.6. The predicted molar refractivity (Wildman–Crippen MR) is 118 cm³/mol. The van der Waals surface area contributed by atoms with Crippen LogP contribution in [0.1, 0.15) is 75.9 Å². The van der Waals surface area contributed by atoms with Crippen molar-refractivity contribution in [1.29, 1.82) is 0 Å². The van der Waals surface area contributed by atoms with Crippen molar-refractivity contribution < 1.29 is 9.47 Å². The van der Waals surface area contributed by atoms with Gasteiger partial charge in [-0.3, -0.25) is 0 Å². The summed E-state index contributed by atoms with van der Waals surface area (Å²) in [4.78, 5) is 0. The first-order valence-corrected chi connectivity index (χ1v) is 12.4. The van der Waals surface area contributed by atoms with E-state index in [1.54, 1.807) is 0 Å². The van der Waals surface area contributed by atoms with Gasteiger partial charge in [-0.25, -0.2) is 4.68 Å². The molecule has 0 radical (unpaired) electrons. The Morgan fingerprint density at radius 1 is 0.967 bits per heavy atom. The zero-order valence-electron chi connectivity index (χ0n) is 17.8. The molecule has 30 heavy (non-hydrogen) atoms. The molecule has 166 valence electrons. The van der Waals surface area contributed by atoms with Crippen LogP contribution < -0.4 is 10.6 Å². The standard InChI is InChI=1S/C22H35N5O2S/c30-22(23-16-9-5-2-6-10-16)24-18-13-28-21-19(14-29-20(18)21)27-12-17(25-26-27)11-15-7-3-1-4-8-15/h12,15-16,18-21H,1-11,13-14H2,(H2,23,24,30)/t18-,19+,20-,21+/m0/s1. The largest absolute Gasteiger partial charge is 0.371 e. The molecule has 3 heterocycles. The minimum absolute atomic E-state index is 0.00390. The van der Waals surface area contributed by atoms with Crippen molar-refractivity contribution in [3.63, 3.8) is 0 Å². The van der Waals surface area contributed by atoms with E-state index in [-0.39, 0.29) is 24.3 Å². The van der Waals surface area contributed by atoms with Crippen LogP contribution in [0.4, 0.5) is 0 Å². The number of aromatic nitrogens is 3. The molecule has 0 spiro atoms. The van der Waals surface area contributed by atoms with Crippen molar-refractivity contribution in [3.05, 3.63) is 11.9 Å². The summed E-state index contributed by atoms with van der Waals surface area (Å²) in [5.41, 5.74) is 1.11. The minimum atomic E-state index is 0.00390. The second-order valence-corrected chi connectivity index (χ2v) is 10.0. The number of nitrogens with one attached hydrogen (secondary N) is 2. The first-order valence-electron chi connectivity index (χ1n) is 12.0. The second kappa shape index (κ2) is 9.49. The van der Waals surface area contributed by atoms with Crippen molar-refractivity contribution >= 4 is 17.3 Å². The average molecular weight is 434 g/mol. The van der Waals surface area contributed by atoms with Crippen molar-refractivity contribution in [1.82, 2.24) is 25.6 Å². The SMILES string of the molecule is S=C(NC1CCCCC1)N[C@H]1CO[C@H]2[C@H]1OC[C@H]2n1cc(CC2CCCCC2)nn1. The average Bonchev–Trinajstić information content (AvgIpc) is 3.47. The Labute approximate surface area is 184 Å². The van der Waals surface area contributed by atoms with E-state index in [0.717, 1.165) is 23.1 Å². The molecule has 0 unspecified atom stereocenters. The Hall–Kier alpha value is -1.25. The Bertz CT molecular complexity index is 716. The van der Waals surface area contributed by atoms with Gasteiger partial charge in [-0.15, -0.1) is 5.10 Å². The monoisotopic (exact) mass is 433 g/mol. The number of fused-ring (bicyclic) bond motifs is 1. The molecule has 0 aromatic carbocycles. The fraction of sp³-hybridized carbons (Fsp3) is 0.864. The van der Waals surface area contributed by atoms with E-state index >= 15 is 0 Å². The Morgan fingerprint density at radius 3 is 2.50 bits per heavy atom. The lowest BCUT2D eigenvalue weighted by Gasteiger charge is -2.26. The van der Waals surface area contributed by atoms with Crippen molar-refractivity contribution in [2.45, 2.75) is 101 Å². The third-order valence-electron chi connectivity index (χ3n) is 7.40. The van der Waals surface area contributed by atoms with Gasteiger partial charge in [0.25, 0.3) is 0 Å². The van der Waals surface area contributed by atoms with Gasteiger partial charge in [0, 0.05) is 12.2 Å². The molecular weight excluding hydrogens is 398 g/mol. The second-order valence-electron chi connectivity index (χ2n) is 9.62. The highest BCUT2D eigenvalue weighted by Crippen LogP contribution is 2.34. The molecule has 1 aromatic heterocycles. The molecule has 2 saturated carbocycles. The molecule has 4 aliphatic rings. The summed E-state index contributed by atoms with van der Waals surface area (Å²) in [6.07, 6.45) is 16.3. The Balaban J connectivity index is 1.14. The maximum atomic E-state index is 6.14. The van der Waals surface area contributed by atoms with Gasteiger partial charge in [-0.1, -0.05) is 56.6 Å². The van der Waals surface area contributed by atoms with E-state index in [1.165, 1.54) is 64.2 Å². The smallest absolute Gasteiger partial charge is 0.166 e. The summed E-state index contributed by atoms with van der Waals surface area (Å²) >= 11 is 5.57. The van der Waals surface area contributed by atoms with Gasteiger partial charge < -0.3 is 20.1 Å². The van der Waals surface area contributed by atoms with Crippen LogP contribution in [0.25, 0.3) is 0 Å². The maximum Gasteiger partial charge on any atom is 0.166 e. The first-order chi connectivity index (χ1) is 14.8. The van der Waals surface area contributed by atoms with Crippen molar-refractivity contribution in [2.24, 2.45) is 5.92 Å². The third-order valence-corrected chi connectivity index (χ3v) is 7.64. The molecule has 2 aliphatic heterocycles. The predicted octanol–water partition coefficient (Wildman–Crippen LogP) is 2.91. The molecule has 2 N–H and O–H groups in total. The van der Waals surface area contributed by atoms with Gasteiger partial charge in [0.15, 0.2) is 5.11 Å². The quantitative estimate of drug-likeness (QED) is 0.692. The van der Waals surface area contributed by atoms with Crippen LogP contribution in [0, 0.1) is 5.92 Å². The highest BCUT2D eigenvalue weighted by molar-refractivity contribution is 7.80. The number of ether oxygens (including phenoxy) is 2. The van der Waals surface area contributed by atoms with Gasteiger partial charge >= 0.3 is 0 Å². The zero-order valence-corrected chi connectivity index (χ0v) is 18.6. The third kappa shape index (κ3) is 4.65. The number of thiocarbonyl (C=S) groups is 1. The van der Waals surface area contributed by atoms with Crippen LogP contribution in [-0.4, -0.2) is 57.6 Å². The normalized spacial score (nSPS) is 32.8. The number of hydrogen-bond acceptors (Lipinski definition) is 5. The Morgan fingerprint density at radius 2 is 1.70 bits per heavy atom. The van der Waals surface area contributed by atoms with Gasteiger partial charge in [0.05, 0.1) is 24.9 Å². The molecule has 0 bridgehead atoms. The van der Waals surface area contributed by atoms with Crippen molar-refractivity contribution in [3.8, 4) is 0 Å². The lowest BCUT2D eigenvalue weighted by molar-refractivity contribution is 0.0624. The number of hydrogen-bond donors (Lipinski definition) is 2. The summed E-state index contributed by atoms with van der Waals surface area (Å²) in [5, 5.41) is 16.6. The van der Waals surface area contributed by atoms with Gasteiger partial charge in [-0.2, -0.15) is 0 Å². The highest BCUT2D eigenvalue weighted by atomic mass is 32.1. The van der Waals surface area contributed by atoms with Crippen LogP contribution in [0.2, 0.25) is 0 Å². The molecule has 4 atom stereocenters. The van der Waals surface area contributed by atoms with Crippen LogP contribution in [0.3, 0.4) is 0 Å². The molecule has 2 saturated heterocycles. The molecule has 2 aliphatic carbocycles. The molecule has 1 aromatic rings. The van der Waals surface area contributed by atoms with Crippen LogP contribution in [0.5, 0.6) is 0 Å². The highest BCUT2D eigenvalue weighted by Gasteiger charge is 2.49. The summed E-state index contributed by atoms with van der Waals surface area (Å²) in [6, 6.07) is 0.690. The van der Waals surface area contributed by atoms with Gasteiger partial charge in [-0.05, 0) is 37.4 Å². The van der Waals surface area contributed by atoms with Crippen molar-refractivity contribution in [2.75, 3.05) is 13.2 Å². The summed E-state index contributed by atoms with van der Waals surface area (Å²) in [5.74, 6) is 0.769. The van der Waals surface area contributed by atoms with E-state index in [9.17, 15) is 0 Å². The van der Waals surface area contributed by atoms with Gasteiger partial charge in [0.2, 0.25) is 0 Å². The molecule has 4 fully saturated rings. The van der Waals surface area contributed by atoms with E-state index < -0.39 is 0 Å². The Kier molecular flexibility index (Phi) is 6.53. The molecule has 0 amide bonds. The van der Waals surface area contributed by atoms with Crippen LogP contribution in [-0.2, 0) is 15.9 Å². The fourth-order valence-electron chi connectivity index (χ4n) is 5.73. The zero-order chi connectivity index (χ0) is 20.3. The fourth-order valence-corrected chi connectivity index (χ4v) is 6.05. The summed E-state index contributed by atoms with van der Waals surface area (Å²) in [6.45, 7) is 1.23. The molecule has 7 nitrogen and oxygen atoms in total. The molecule has 5 rings (SSSR count).